The molecule has 0 bridgehead atoms. The molecule has 0 aliphatic carbocycles. The number of cyclic esters (lactones) is 1. The third-order valence-corrected chi connectivity index (χ3v) is 3.71. The molecule has 1 aromatic rings. The summed E-state index contributed by atoms with van der Waals surface area (Å²) in [5.74, 6) is 1.07. The molecule has 0 radical (unpaired) electrons. The molecule has 2 amide bonds. The number of rotatable bonds is 5. The minimum Gasteiger partial charge on any atom is -0.497 e. The van der Waals surface area contributed by atoms with Crippen molar-refractivity contribution in [3.63, 3.8) is 0 Å². The van der Waals surface area contributed by atoms with Gasteiger partial charge in [0.2, 0.25) is 5.91 Å². The Kier molecular flexibility index (Phi) is 4.90. The lowest BCUT2D eigenvalue weighted by Crippen LogP contribution is -2.42. The van der Waals surface area contributed by atoms with Crippen LogP contribution >= 0.6 is 0 Å². The topological polar surface area (TPSA) is 65.1 Å². The summed E-state index contributed by atoms with van der Waals surface area (Å²) in [7, 11) is 3.10. The fraction of sp³-hybridized carbons (Fsp3) is 0.500. The Morgan fingerprint density at radius 3 is 2.36 bits per heavy atom. The average Bonchev–Trinajstić information content (AvgIpc) is 2.88. The zero-order chi connectivity index (χ0) is 16.3. The van der Waals surface area contributed by atoms with E-state index in [1.54, 1.807) is 32.4 Å². The number of imide groups is 1. The van der Waals surface area contributed by atoms with Gasteiger partial charge in [-0.2, -0.15) is 0 Å². The summed E-state index contributed by atoms with van der Waals surface area (Å²) in [6.45, 7) is 4.17. The van der Waals surface area contributed by atoms with E-state index in [1.165, 1.54) is 4.90 Å². The van der Waals surface area contributed by atoms with Crippen molar-refractivity contribution in [1.82, 2.24) is 4.90 Å². The number of nitrogens with zero attached hydrogens (tertiary/aromatic N) is 1. The van der Waals surface area contributed by atoms with E-state index in [0.717, 1.165) is 5.56 Å². The number of hydrogen-bond donors (Lipinski definition) is 0. The smallest absolute Gasteiger partial charge is 0.416 e. The van der Waals surface area contributed by atoms with Crippen molar-refractivity contribution >= 4 is 12.0 Å². The Bertz CT molecular complexity index is 547. The van der Waals surface area contributed by atoms with Gasteiger partial charge in [0.1, 0.15) is 18.1 Å². The fourth-order valence-corrected chi connectivity index (χ4v) is 2.44. The van der Waals surface area contributed by atoms with E-state index >= 15 is 0 Å². The van der Waals surface area contributed by atoms with Crippen LogP contribution < -0.4 is 9.47 Å². The van der Waals surface area contributed by atoms with Crippen LogP contribution in [-0.2, 0) is 16.0 Å². The first-order chi connectivity index (χ1) is 10.5. The van der Waals surface area contributed by atoms with Gasteiger partial charge in [-0.25, -0.2) is 9.69 Å². The maximum Gasteiger partial charge on any atom is 0.416 e. The van der Waals surface area contributed by atoms with Gasteiger partial charge in [-0.1, -0.05) is 13.8 Å². The van der Waals surface area contributed by atoms with Gasteiger partial charge in [-0.15, -0.1) is 0 Å². The Balaban J connectivity index is 2.19. The Morgan fingerprint density at radius 2 is 1.86 bits per heavy atom. The molecule has 1 aromatic carbocycles. The number of carbonyl (C=O) groups excluding carboxylic acids is 2. The van der Waals surface area contributed by atoms with E-state index in [4.69, 9.17) is 14.2 Å². The molecule has 0 aromatic heterocycles. The minimum absolute atomic E-state index is 0.0892. The second-order valence-electron chi connectivity index (χ2n) is 5.55. The van der Waals surface area contributed by atoms with Crippen LogP contribution in [0.4, 0.5) is 4.79 Å². The highest BCUT2D eigenvalue weighted by Crippen LogP contribution is 2.25. The van der Waals surface area contributed by atoms with Crippen molar-refractivity contribution in [3.8, 4) is 11.5 Å². The molecule has 1 atom stereocenters. The molecule has 0 spiro atoms. The van der Waals surface area contributed by atoms with Crippen molar-refractivity contribution in [2.24, 2.45) is 5.92 Å². The van der Waals surface area contributed by atoms with Crippen LogP contribution in [-0.4, -0.2) is 43.8 Å². The van der Waals surface area contributed by atoms with Crippen LogP contribution in [0.15, 0.2) is 18.2 Å². The molecule has 2 rings (SSSR count). The second kappa shape index (κ2) is 6.68. The molecule has 1 aliphatic rings. The number of carbonyl (C=O) groups is 2. The molecule has 1 heterocycles. The van der Waals surface area contributed by atoms with Gasteiger partial charge >= 0.3 is 6.09 Å². The molecule has 1 aliphatic heterocycles. The van der Waals surface area contributed by atoms with E-state index in [9.17, 15) is 9.59 Å². The van der Waals surface area contributed by atoms with Crippen molar-refractivity contribution in [2.45, 2.75) is 26.3 Å². The van der Waals surface area contributed by atoms with Crippen molar-refractivity contribution in [2.75, 3.05) is 20.8 Å². The Morgan fingerprint density at radius 1 is 1.27 bits per heavy atom. The molecule has 1 fully saturated rings. The molecular weight excluding hydrogens is 286 g/mol. The van der Waals surface area contributed by atoms with Crippen LogP contribution in [0.1, 0.15) is 19.4 Å². The molecule has 6 heteroatoms. The van der Waals surface area contributed by atoms with Gasteiger partial charge in [0.05, 0.1) is 26.7 Å². The van der Waals surface area contributed by atoms with Crippen molar-refractivity contribution < 1.29 is 23.8 Å². The molecule has 0 saturated carbocycles. The molecule has 6 nitrogen and oxygen atoms in total. The van der Waals surface area contributed by atoms with Crippen molar-refractivity contribution in [1.29, 1.82) is 0 Å². The van der Waals surface area contributed by atoms with Crippen LogP contribution in [0, 0.1) is 5.92 Å². The van der Waals surface area contributed by atoms with Crippen LogP contribution in [0.3, 0.4) is 0 Å². The number of amides is 2. The van der Waals surface area contributed by atoms with E-state index < -0.39 is 6.09 Å². The highest BCUT2D eigenvalue weighted by Gasteiger charge is 2.39. The maximum absolute atomic E-state index is 12.5. The first-order valence-electron chi connectivity index (χ1n) is 7.17. The van der Waals surface area contributed by atoms with Crippen LogP contribution in [0.5, 0.6) is 11.5 Å². The summed E-state index contributed by atoms with van der Waals surface area (Å²) in [4.78, 5) is 25.5. The standard InChI is InChI=1S/C16H21NO5/c1-10(2)14-9-22-16(19)17(14)15(18)7-11-5-12(20-3)8-13(6-11)21-4/h5-6,8,10,14H,7,9H2,1-4H3/t14-/m0/s1. The summed E-state index contributed by atoms with van der Waals surface area (Å²) >= 11 is 0. The Labute approximate surface area is 129 Å². The average molecular weight is 307 g/mol. The zero-order valence-corrected chi connectivity index (χ0v) is 13.3. The van der Waals surface area contributed by atoms with E-state index in [2.05, 4.69) is 0 Å². The number of benzene rings is 1. The summed E-state index contributed by atoms with van der Waals surface area (Å²) < 4.78 is 15.4. The van der Waals surface area contributed by atoms with Crippen LogP contribution in [0.2, 0.25) is 0 Å². The van der Waals surface area contributed by atoms with E-state index in [-0.39, 0.29) is 30.9 Å². The van der Waals surface area contributed by atoms with Crippen LogP contribution in [0.25, 0.3) is 0 Å². The lowest BCUT2D eigenvalue weighted by atomic mass is 10.0. The molecule has 120 valence electrons. The normalized spacial score (nSPS) is 17.6. The maximum atomic E-state index is 12.5. The monoisotopic (exact) mass is 307 g/mol. The largest absolute Gasteiger partial charge is 0.497 e. The van der Waals surface area contributed by atoms with Gasteiger partial charge < -0.3 is 14.2 Å². The quantitative estimate of drug-likeness (QED) is 0.835. The summed E-state index contributed by atoms with van der Waals surface area (Å²) in [6, 6.07) is 5.03. The fourth-order valence-electron chi connectivity index (χ4n) is 2.44. The van der Waals surface area contributed by atoms with Gasteiger partial charge in [-0.3, -0.25) is 4.79 Å². The SMILES string of the molecule is COc1cc(CC(=O)N2C(=O)OC[C@H]2C(C)C)cc(OC)c1. The molecule has 0 unspecified atom stereocenters. The first kappa shape index (κ1) is 16.1. The van der Waals surface area contributed by atoms with Gasteiger partial charge in [0, 0.05) is 6.07 Å². The number of hydrogen-bond acceptors (Lipinski definition) is 5. The number of methoxy groups -OCH3 is 2. The minimum atomic E-state index is -0.571. The molecule has 0 N–H and O–H groups in total. The lowest BCUT2D eigenvalue weighted by Gasteiger charge is -2.22. The first-order valence-corrected chi connectivity index (χ1v) is 7.17. The predicted octanol–water partition coefficient (Wildman–Crippen LogP) is 2.25. The van der Waals surface area contributed by atoms with Gasteiger partial charge in [0.25, 0.3) is 0 Å². The van der Waals surface area contributed by atoms with E-state index in [1.807, 2.05) is 13.8 Å². The zero-order valence-electron chi connectivity index (χ0n) is 13.3. The summed E-state index contributed by atoms with van der Waals surface area (Å²) in [6.07, 6.45) is -0.482. The summed E-state index contributed by atoms with van der Waals surface area (Å²) in [5, 5.41) is 0. The molecule has 22 heavy (non-hydrogen) atoms. The number of ether oxygens (including phenoxy) is 3. The highest BCUT2D eigenvalue weighted by atomic mass is 16.6. The second-order valence-corrected chi connectivity index (χ2v) is 5.55. The van der Waals surface area contributed by atoms with Gasteiger partial charge in [0.15, 0.2) is 0 Å². The summed E-state index contributed by atoms with van der Waals surface area (Å²) in [5.41, 5.74) is 0.725. The van der Waals surface area contributed by atoms with Crippen molar-refractivity contribution in [3.05, 3.63) is 23.8 Å². The predicted molar refractivity (Wildman–Crippen MR) is 80.1 cm³/mol. The van der Waals surface area contributed by atoms with Gasteiger partial charge in [-0.05, 0) is 23.6 Å². The highest BCUT2D eigenvalue weighted by molar-refractivity contribution is 5.94. The molecular formula is C16H21NO5. The van der Waals surface area contributed by atoms with E-state index in [0.29, 0.717) is 11.5 Å². The third kappa shape index (κ3) is 3.32. The third-order valence-electron chi connectivity index (χ3n) is 3.71. The lowest BCUT2D eigenvalue weighted by molar-refractivity contribution is -0.129. The Hall–Kier alpha value is -2.24. The molecule has 1 saturated heterocycles.